The maximum absolute atomic E-state index is 8.14. The van der Waals surface area contributed by atoms with E-state index in [1.165, 1.54) is 0 Å². The van der Waals surface area contributed by atoms with E-state index in [9.17, 15) is 0 Å². The molecule has 88 valence electrons. The molecule has 0 radical (unpaired) electrons. The fourth-order valence-electron chi connectivity index (χ4n) is 0.726. The van der Waals surface area contributed by atoms with Gasteiger partial charge in [-0.15, -0.1) is 0 Å². The Balaban J connectivity index is 4.09. The smallest absolute Gasteiger partial charge is 0.192 e. The number of azide groups is 1. The van der Waals surface area contributed by atoms with E-state index in [0.29, 0.717) is 13.2 Å². The van der Waals surface area contributed by atoms with Gasteiger partial charge in [0.05, 0.1) is 0 Å². The molecule has 0 aliphatic carbocycles. The lowest BCUT2D eigenvalue weighted by Crippen LogP contribution is -2.44. The molecule has 0 rings (SSSR count). The predicted molar refractivity (Wildman–Crippen MR) is 65.1 cm³/mol. The highest BCUT2D eigenvalue weighted by Gasteiger charge is 2.37. The highest BCUT2D eigenvalue weighted by Crippen LogP contribution is 2.36. The highest BCUT2D eigenvalue weighted by molar-refractivity contribution is 6.74. The second kappa shape index (κ2) is 5.51. The molecule has 1 atom stereocenters. The summed E-state index contributed by atoms with van der Waals surface area (Å²) >= 11 is 0. The first-order valence-electron chi connectivity index (χ1n) is 5.11. The fourth-order valence-corrected chi connectivity index (χ4v) is 1.79. The van der Waals surface area contributed by atoms with Crippen molar-refractivity contribution in [2.24, 2.45) is 10.8 Å². The Morgan fingerprint density at radius 1 is 1.47 bits per heavy atom. The van der Waals surface area contributed by atoms with Crippen LogP contribution in [0.2, 0.25) is 18.1 Å². The molecule has 0 aliphatic heterocycles. The van der Waals surface area contributed by atoms with Crippen molar-refractivity contribution < 1.29 is 4.43 Å². The Morgan fingerprint density at radius 3 is 2.40 bits per heavy atom. The van der Waals surface area contributed by atoms with Gasteiger partial charge in [0.25, 0.3) is 0 Å². The summed E-state index contributed by atoms with van der Waals surface area (Å²) in [4.78, 5) is 2.67. The topological polar surface area (TPSA) is 84.0 Å². The van der Waals surface area contributed by atoms with Gasteiger partial charge in [-0.05, 0) is 23.7 Å². The van der Waals surface area contributed by atoms with Crippen molar-refractivity contribution in [3.63, 3.8) is 0 Å². The second-order valence-electron chi connectivity index (χ2n) is 5.24. The molecule has 0 spiro atoms. The third kappa shape index (κ3) is 5.18. The van der Waals surface area contributed by atoms with Gasteiger partial charge in [0.1, 0.15) is 0 Å². The van der Waals surface area contributed by atoms with E-state index in [0.717, 1.165) is 0 Å². The van der Waals surface area contributed by atoms with Crippen molar-refractivity contribution in [2.75, 3.05) is 13.2 Å². The van der Waals surface area contributed by atoms with E-state index in [1.54, 1.807) is 0 Å². The minimum Gasteiger partial charge on any atom is -0.415 e. The average Bonchev–Trinajstić information content (AvgIpc) is 2.09. The summed E-state index contributed by atoms with van der Waals surface area (Å²) in [6.07, 6.45) is 0. The summed E-state index contributed by atoms with van der Waals surface area (Å²) < 4.78 is 5.88. The molecular formula is C9H22N4OSi. The Bertz CT molecular complexity index is 243. The molecule has 0 heterocycles. The van der Waals surface area contributed by atoms with Crippen LogP contribution >= 0.6 is 0 Å². The molecule has 1 unspecified atom stereocenters. The van der Waals surface area contributed by atoms with Crippen LogP contribution in [0.1, 0.15) is 20.8 Å². The van der Waals surface area contributed by atoms with E-state index in [2.05, 4.69) is 43.9 Å². The molecule has 0 fully saturated rings. The predicted octanol–water partition coefficient (Wildman–Crippen LogP) is 2.65. The Labute approximate surface area is 92.8 Å². The summed E-state index contributed by atoms with van der Waals surface area (Å²) in [5.41, 5.74) is 13.9. The second-order valence-corrected chi connectivity index (χ2v) is 10.1. The largest absolute Gasteiger partial charge is 0.415 e. The first kappa shape index (κ1) is 14.4. The van der Waals surface area contributed by atoms with Crippen molar-refractivity contribution in [1.29, 1.82) is 0 Å². The van der Waals surface area contributed by atoms with Crippen LogP contribution in [0.15, 0.2) is 5.11 Å². The monoisotopic (exact) mass is 230 g/mol. The first-order valence-corrected chi connectivity index (χ1v) is 8.02. The molecule has 0 amide bonds. The molecule has 0 bridgehead atoms. The van der Waals surface area contributed by atoms with Crippen molar-refractivity contribution in [1.82, 2.24) is 0 Å². The summed E-state index contributed by atoms with van der Waals surface area (Å²) in [7, 11) is -1.72. The van der Waals surface area contributed by atoms with Crippen LogP contribution in [0, 0.1) is 0 Å². The molecular weight excluding hydrogens is 208 g/mol. The molecule has 0 saturated carbocycles. The van der Waals surface area contributed by atoms with E-state index < -0.39 is 8.32 Å². The lowest BCUT2D eigenvalue weighted by atomic mass is 10.2. The standard InChI is InChI=1S/C9H22N4OSi/c1-9(2,3)15(4,5)14-7-8(10)6-12-13-11/h8H,6-7,10H2,1-5H3. The van der Waals surface area contributed by atoms with Crippen LogP contribution < -0.4 is 5.73 Å². The van der Waals surface area contributed by atoms with Crippen molar-refractivity contribution in [2.45, 2.75) is 44.9 Å². The lowest BCUT2D eigenvalue weighted by Gasteiger charge is -2.36. The third-order valence-corrected chi connectivity index (χ3v) is 7.34. The molecule has 0 aliphatic rings. The van der Waals surface area contributed by atoms with E-state index >= 15 is 0 Å². The van der Waals surface area contributed by atoms with E-state index in [4.69, 9.17) is 15.7 Å². The minimum absolute atomic E-state index is 0.186. The summed E-state index contributed by atoms with van der Waals surface area (Å²) in [5, 5.41) is 3.61. The van der Waals surface area contributed by atoms with Gasteiger partial charge in [-0.2, -0.15) is 0 Å². The van der Waals surface area contributed by atoms with E-state index in [-0.39, 0.29) is 11.1 Å². The molecule has 0 aromatic rings. The molecule has 0 aromatic heterocycles. The summed E-state index contributed by atoms with van der Waals surface area (Å²) in [5.74, 6) is 0. The zero-order valence-corrected chi connectivity index (χ0v) is 11.3. The molecule has 0 saturated heterocycles. The number of hydrogen-bond donors (Lipinski definition) is 1. The van der Waals surface area contributed by atoms with Crippen molar-refractivity contribution in [3.8, 4) is 0 Å². The van der Waals surface area contributed by atoms with Gasteiger partial charge < -0.3 is 10.2 Å². The Kier molecular flexibility index (Phi) is 5.31. The van der Waals surface area contributed by atoms with Gasteiger partial charge >= 0.3 is 0 Å². The van der Waals surface area contributed by atoms with Gasteiger partial charge in [-0.1, -0.05) is 25.9 Å². The van der Waals surface area contributed by atoms with Crippen LogP contribution in [0.25, 0.3) is 10.4 Å². The maximum atomic E-state index is 8.14. The highest BCUT2D eigenvalue weighted by atomic mass is 28.4. The molecule has 15 heavy (non-hydrogen) atoms. The molecule has 5 nitrogen and oxygen atoms in total. The number of nitrogens with zero attached hydrogens (tertiary/aromatic N) is 3. The quantitative estimate of drug-likeness (QED) is 0.341. The third-order valence-electron chi connectivity index (χ3n) is 2.84. The number of nitrogens with two attached hydrogens (primary N) is 1. The van der Waals surface area contributed by atoms with Gasteiger partial charge in [-0.3, -0.25) is 0 Å². The number of rotatable bonds is 5. The zero-order valence-electron chi connectivity index (χ0n) is 10.3. The van der Waals surface area contributed by atoms with Gasteiger partial charge in [0.2, 0.25) is 0 Å². The molecule has 6 heteroatoms. The molecule has 0 aromatic carbocycles. The number of hydrogen-bond acceptors (Lipinski definition) is 3. The average molecular weight is 230 g/mol. The van der Waals surface area contributed by atoms with Crippen LogP contribution in [-0.4, -0.2) is 27.5 Å². The Hall–Kier alpha value is -0.553. The minimum atomic E-state index is -1.72. The van der Waals surface area contributed by atoms with Crippen LogP contribution in [-0.2, 0) is 4.43 Å². The van der Waals surface area contributed by atoms with Gasteiger partial charge in [0, 0.05) is 24.1 Å². The molecule has 2 N–H and O–H groups in total. The first-order chi connectivity index (χ1) is 6.70. The van der Waals surface area contributed by atoms with Crippen LogP contribution in [0.3, 0.4) is 0 Å². The van der Waals surface area contributed by atoms with Gasteiger partial charge in [0.15, 0.2) is 8.32 Å². The maximum Gasteiger partial charge on any atom is 0.192 e. The zero-order chi connectivity index (χ0) is 12.1. The van der Waals surface area contributed by atoms with Crippen LogP contribution in [0.4, 0.5) is 0 Å². The van der Waals surface area contributed by atoms with Crippen LogP contribution in [0.5, 0.6) is 0 Å². The summed E-state index contributed by atoms with van der Waals surface area (Å²) in [6.45, 7) is 11.6. The van der Waals surface area contributed by atoms with Gasteiger partial charge in [-0.25, -0.2) is 0 Å². The van der Waals surface area contributed by atoms with E-state index in [1.807, 2.05) is 0 Å². The lowest BCUT2D eigenvalue weighted by molar-refractivity contribution is 0.265. The normalized spacial score (nSPS) is 14.5. The SMILES string of the molecule is CC(C)(C)[Si](C)(C)OCC(N)CN=[N+]=[N-]. The van der Waals surface area contributed by atoms with Crippen molar-refractivity contribution >= 4 is 8.32 Å². The Morgan fingerprint density at radius 2 is 2.00 bits per heavy atom. The van der Waals surface area contributed by atoms with Crippen molar-refractivity contribution in [3.05, 3.63) is 10.4 Å². The summed E-state index contributed by atoms with van der Waals surface area (Å²) in [6, 6.07) is -0.199. The fraction of sp³-hybridized carbons (Fsp3) is 1.00.